The Labute approximate surface area is 595 Å². The number of nitrogens with zero attached hydrogens (tertiary/aromatic N) is 3. The lowest BCUT2D eigenvalue weighted by Crippen LogP contribution is -2.69. The van der Waals surface area contributed by atoms with E-state index in [-0.39, 0.29) is 50.4 Å². The molecular formula is C65H109N7O30. The summed E-state index contributed by atoms with van der Waals surface area (Å²) in [6.45, 7) is 4.33. The number of unbranched alkanes of at least 4 members (excludes halogenated alkanes) is 1. The predicted octanol–water partition coefficient (Wildman–Crippen LogP) is -2.21. The van der Waals surface area contributed by atoms with Gasteiger partial charge in [0.1, 0.15) is 128 Å². The molecule has 584 valence electrons. The smallest absolute Gasteiger partial charge is 0.273 e. The molecule has 1 aromatic rings. The van der Waals surface area contributed by atoms with Gasteiger partial charge in [-0.15, -0.1) is 17.4 Å². The number of hydrogen-bond acceptors (Lipinski definition) is 32. The largest absolute Gasteiger partial charge is 0.382 e. The maximum Gasteiger partial charge on any atom is 0.273 e. The summed E-state index contributed by atoms with van der Waals surface area (Å²) in [5.74, 6) is 0.549. The fourth-order valence-electron chi connectivity index (χ4n) is 14.2. The van der Waals surface area contributed by atoms with Gasteiger partial charge < -0.3 is 144 Å². The van der Waals surface area contributed by atoms with E-state index in [4.69, 9.17) is 130 Å². The Morgan fingerprint density at radius 3 is 1.21 bits per heavy atom. The first-order valence-electron chi connectivity index (χ1n) is 33.6. The minimum atomic E-state index is -1.20. The summed E-state index contributed by atoms with van der Waals surface area (Å²) in [6.07, 6.45) is -18.2. The van der Waals surface area contributed by atoms with Gasteiger partial charge in [-0.1, -0.05) is 5.21 Å². The number of amides is 4. The molecule has 30 atom stereocenters. The third-order valence-corrected chi connectivity index (χ3v) is 18.9. The van der Waals surface area contributed by atoms with Gasteiger partial charge in [-0.3, -0.25) is 19.2 Å². The van der Waals surface area contributed by atoms with Gasteiger partial charge in [-0.25, -0.2) is 4.68 Å². The van der Waals surface area contributed by atoms with Crippen molar-refractivity contribution in [1.29, 1.82) is 0 Å². The van der Waals surface area contributed by atoms with E-state index in [9.17, 15) is 19.2 Å². The summed E-state index contributed by atoms with van der Waals surface area (Å²) in [6, 6.07) is -1.33. The highest BCUT2D eigenvalue weighted by atomic mass is 16.8. The molecule has 37 heteroatoms. The monoisotopic (exact) mass is 1470 g/mol. The van der Waals surface area contributed by atoms with Crippen LogP contribution in [0.1, 0.15) is 56.6 Å². The average molecular weight is 1470 g/mol. The van der Waals surface area contributed by atoms with E-state index >= 15 is 0 Å². The van der Waals surface area contributed by atoms with Gasteiger partial charge in [-0.2, -0.15) is 0 Å². The zero-order valence-electron chi connectivity index (χ0n) is 61.7. The molecule has 7 heterocycles. The lowest BCUT2D eigenvalue weighted by atomic mass is 9.94. The van der Waals surface area contributed by atoms with Crippen LogP contribution in [0.5, 0.6) is 0 Å². The summed E-state index contributed by atoms with van der Waals surface area (Å²) >= 11 is 0. The number of ether oxygens (including phenoxy) is 26. The second-order valence-electron chi connectivity index (χ2n) is 25.0. The van der Waals surface area contributed by atoms with Gasteiger partial charge in [0.2, 0.25) is 17.7 Å². The molecule has 0 bridgehead atoms. The summed E-state index contributed by atoms with van der Waals surface area (Å²) in [5, 5.41) is 19.7. The van der Waals surface area contributed by atoms with Gasteiger partial charge in [0.25, 0.3) is 5.91 Å². The summed E-state index contributed by atoms with van der Waals surface area (Å²) < 4.78 is 162. The fraction of sp³-hybridized carbons (Fsp3) is 0.877. The van der Waals surface area contributed by atoms with Crippen molar-refractivity contribution in [3.05, 3.63) is 11.9 Å². The van der Waals surface area contributed by atoms with Crippen LogP contribution in [0.3, 0.4) is 0 Å². The molecule has 1 aromatic heterocycles. The molecule has 7 rings (SSSR count). The lowest BCUT2D eigenvalue weighted by Gasteiger charge is -2.51. The van der Waals surface area contributed by atoms with Crippen LogP contribution >= 0.6 is 0 Å². The number of hydrogen-bond donors (Lipinski definition) is 4. The number of aromatic nitrogens is 3. The van der Waals surface area contributed by atoms with Gasteiger partial charge in [0.05, 0.1) is 57.4 Å². The third-order valence-electron chi connectivity index (χ3n) is 18.9. The Hall–Kier alpha value is -4.46. The van der Waals surface area contributed by atoms with Crippen molar-refractivity contribution in [3.63, 3.8) is 0 Å². The molecule has 0 radical (unpaired) electrons. The SMILES string of the molecule is C#CCCCC(=O)NC1OC(COC)[C@H](O[C@@H]2OC(COC)[C@H](O[C@@H]3OC(C)[C@@H](n4cc(C(=O)NCC(=O)NC5OC(COC)[C@H](O[C@@H]6OC(COC)[C@H](O[C@@H]7OC(C)[C@@H](NC(C)=O)[C@@H](OC)C7OC)[C@@H](OC)C6OC)[C@@H](OC)C5OC)nn4)[C@@H](OC)C3OC)[C@@H](OC)C2OC)[C@@H](OC)C1OC. The van der Waals surface area contributed by atoms with Gasteiger partial charge in [-0.05, 0) is 20.3 Å². The molecule has 6 saturated heterocycles. The zero-order valence-corrected chi connectivity index (χ0v) is 61.7. The van der Waals surface area contributed by atoms with Crippen molar-refractivity contribution in [2.75, 3.05) is 147 Å². The van der Waals surface area contributed by atoms with Gasteiger partial charge in [0.15, 0.2) is 43.3 Å². The van der Waals surface area contributed by atoms with E-state index in [1.54, 1.807) is 13.8 Å². The van der Waals surface area contributed by atoms with Crippen LogP contribution in [-0.4, -0.2) is 363 Å². The molecule has 0 saturated carbocycles. The first-order chi connectivity index (χ1) is 49.2. The molecule has 4 amide bonds. The molecule has 4 N–H and O–H groups in total. The van der Waals surface area contributed by atoms with Crippen molar-refractivity contribution in [3.8, 4) is 12.3 Å². The Balaban J connectivity index is 0.992. The quantitative estimate of drug-likeness (QED) is 0.0403. The topological polar surface area (TPSA) is 387 Å². The second-order valence-corrected chi connectivity index (χ2v) is 25.0. The van der Waals surface area contributed by atoms with Crippen LogP contribution in [0.2, 0.25) is 0 Å². The number of terminal acetylenes is 1. The maximum absolute atomic E-state index is 13.9. The highest BCUT2D eigenvalue weighted by Gasteiger charge is 2.59. The Morgan fingerprint density at radius 2 is 0.814 bits per heavy atom. The Kier molecular flexibility index (Phi) is 34.6. The van der Waals surface area contributed by atoms with Crippen LogP contribution in [0, 0.1) is 12.3 Å². The van der Waals surface area contributed by atoms with E-state index in [0.29, 0.717) is 12.8 Å². The first kappa shape index (κ1) is 84.8. The normalized spacial score (nSPS) is 38.8. The second kappa shape index (κ2) is 41.6. The number of carbonyl (C=O) groups excluding carboxylic acids is 4. The molecular weight excluding hydrogens is 1360 g/mol. The predicted molar refractivity (Wildman–Crippen MR) is 348 cm³/mol. The highest BCUT2D eigenvalue weighted by molar-refractivity contribution is 5.94. The molecule has 37 nitrogen and oxygen atoms in total. The molecule has 102 heavy (non-hydrogen) atoms. The highest BCUT2D eigenvalue weighted by Crippen LogP contribution is 2.40. The first-order valence-corrected chi connectivity index (χ1v) is 33.6. The number of nitrogens with one attached hydrogen (secondary N) is 4. The molecule has 0 aliphatic carbocycles. The molecule has 6 fully saturated rings. The van der Waals surface area contributed by atoms with E-state index < -0.39 is 202 Å². The Morgan fingerprint density at radius 1 is 0.451 bits per heavy atom. The van der Waals surface area contributed by atoms with Crippen LogP contribution in [0.15, 0.2) is 6.20 Å². The average Bonchev–Trinajstić information content (AvgIpc) is 0.824. The minimum Gasteiger partial charge on any atom is -0.382 e. The van der Waals surface area contributed by atoms with E-state index in [1.807, 2.05) is 0 Å². The number of carbonyl (C=O) groups is 4. The van der Waals surface area contributed by atoms with E-state index in [0.717, 1.165) is 0 Å². The van der Waals surface area contributed by atoms with Crippen molar-refractivity contribution >= 4 is 23.6 Å². The minimum absolute atomic E-state index is 0.00838. The van der Waals surface area contributed by atoms with E-state index in [2.05, 4.69) is 37.5 Å². The molecule has 0 aromatic carbocycles. The van der Waals surface area contributed by atoms with Crippen LogP contribution in [0.25, 0.3) is 0 Å². The maximum atomic E-state index is 13.9. The zero-order chi connectivity index (χ0) is 74.5. The summed E-state index contributed by atoms with van der Waals surface area (Å²) in [5.41, 5.74) is -0.151. The molecule has 0 spiro atoms. The molecule has 6 aliphatic rings. The lowest BCUT2D eigenvalue weighted by molar-refractivity contribution is -0.376. The van der Waals surface area contributed by atoms with Crippen molar-refractivity contribution in [1.82, 2.24) is 36.3 Å². The number of rotatable bonds is 38. The van der Waals surface area contributed by atoms with Crippen molar-refractivity contribution < 1.29 is 142 Å². The van der Waals surface area contributed by atoms with Crippen LogP contribution in [-0.2, 0) is 138 Å². The van der Waals surface area contributed by atoms with Crippen molar-refractivity contribution in [2.45, 2.75) is 224 Å². The van der Waals surface area contributed by atoms with Gasteiger partial charge >= 0.3 is 0 Å². The number of methoxy groups -OCH3 is 16. The van der Waals surface area contributed by atoms with Crippen LogP contribution < -0.4 is 21.3 Å². The van der Waals surface area contributed by atoms with E-state index in [1.165, 1.54) is 132 Å². The third kappa shape index (κ3) is 20.0. The summed E-state index contributed by atoms with van der Waals surface area (Å²) in [4.78, 5) is 52.9. The Bertz CT molecular complexity index is 2730. The standard InChI is InChI=1S/C65H109N7O30/c1-21-22-23-24-39(74)68-60-53(87-15)49(83-11)43(35(95-60)27-77-5)101-65-58(92-20)52(86-14)46(38(98-65)30-80-8)100-63-56(90-18)48(82-10)42(32(3)94-63)72-26-34(70-71-72)59(76)66-25-40(75)69-61-54(88-16)50(84-12)44(36(96-61)28-78-6)102-64-57(91-19)51(85-13)45(37(97-64)29-79-7)99-62-55(89-17)47(81-9)41(31(2)93-62)67-33(4)73/h1,26,31-32,35-38,41-58,60-65H,22-25,27-30H2,2-20H3,(H,66,76)(H,67,73)(H,68,74)(H,69,75)/t31?,32?,35?,36?,37?,38?,41-,42-,43+,44+,45+,46+,47-,48-,49-,50-,51-,52-,53?,54?,55?,56?,57?,58?,60?,61?,62+,63+,64+,65+/m1/s1. The molecule has 6 aliphatic heterocycles. The fourth-order valence-corrected chi connectivity index (χ4v) is 14.2. The van der Waals surface area contributed by atoms with Crippen LogP contribution in [0.4, 0.5) is 0 Å². The summed E-state index contributed by atoms with van der Waals surface area (Å²) in [7, 11) is 23.6. The van der Waals surface area contributed by atoms with Crippen molar-refractivity contribution in [2.24, 2.45) is 0 Å². The van der Waals surface area contributed by atoms with Gasteiger partial charge in [0, 0.05) is 134 Å². The molecule has 14 unspecified atom stereocenters.